The van der Waals surface area contributed by atoms with E-state index in [1.165, 1.54) is 7.11 Å². The molecule has 0 aromatic rings. The summed E-state index contributed by atoms with van der Waals surface area (Å²) in [7, 11) is 1.50. The summed E-state index contributed by atoms with van der Waals surface area (Å²) in [4.78, 5) is 25.6. The molecular weight excluding hydrogens is 262 g/mol. The highest BCUT2D eigenvalue weighted by atomic mass is 16.5. The van der Waals surface area contributed by atoms with E-state index in [0.717, 1.165) is 19.3 Å². The van der Waals surface area contributed by atoms with Crippen molar-refractivity contribution in [3.05, 3.63) is 0 Å². The fourth-order valence-electron chi connectivity index (χ4n) is 3.09. The van der Waals surface area contributed by atoms with Gasteiger partial charge in [0.25, 0.3) is 5.91 Å². The largest absolute Gasteiger partial charge is 0.481 e. The van der Waals surface area contributed by atoms with Gasteiger partial charge in [0.2, 0.25) is 0 Å². The van der Waals surface area contributed by atoms with Crippen LogP contribution in [0.1, 0.15) is 32.1 Å². The first kappa shape index (κ1) is 15.3. The predicted molar refractivity (Wildman–Crippen MR) is 71.3 cm³/mol. The quantitative estimate of drug-likeness (QED) is 0.830. The fourth-order valence-corrected chi connectivity index (χ4v) is 3.09. The van der Waals surface area contributed by atoms with Gasteiger partial charge in [-0.3, -0.25) is 9.59 Å². The maximum Gasteiger partial charge on any atom is 0.313 e. The van der Waals surface area contributed by atoms with Crippen LogP contribution in [0.5, 0.6) is 0 Å². The molecule has 0 aliphatic carbocycles. The highest BCUT2D eigenvalue weighted by Gasteiger charge is 2.44. The Morgan fingerprint density at radius 3 is 2.80 bits per heavy atom. The van der Waals surface area contributed by atoms with Crippen LogP contribution >= 0.6 is 0 Å². The normalized spacial score (nSPS) is 31.1. The molecule has 0 radical (unpaired) electrons. The zero-order valence-corrected chi connectivity index (χ0v) is 12.0. The number of piperidine rings is 1. The van der Waals surface area contributed by atoms with Gasteiger partial charge >= 0.3 is 5.97 Å². The summed E-state index contributed by atoms with van der Waals surface area (Å²) in [5.74, 6) is -0.951. The Kier molecular flexibility index (Phi) is 4.99. The molecule has 2 aliphatic heterocycles. The molecule has 0 bridgehead atoms. The Labute approximate surface area is 119 Å². The summed E-state index contributed by atoms with van der Waals surface area (Å²) < 4.78 is 10.6. The minimum Gasteiger partial charge on any atom is -0.481 e. The number of hydrogen-bond donors (Lipinski definition) is 1. The van der Waals surface area contributed by atoms with Crippen molar-refractivity contribution in [3.8, 4) is 0 Å². The zero-order valence-electron chi connectivity index (χ0n) is 12.0. The molecule has 1 amide bonds. The SMILES string of the molecule is COCC1(C(=O)O)CCCN(C(=O)C2CCCCO2)C1. The molecule has 2 saturated heterocycles. The summed E-state index contributed by atoms with van der Waals surface area (Å²) in [6.45, 7) is 1.58. The predicted octanol–water partition coefficient (Wildman–Crippen LogP) is 0.895. The third kappa shape index (κ3) is 3.12. The molecule has 2 unspecified atom stereocenters. The third-order valence-electron chi connectivity index (χ3n) is 4.22. The van der Waals surface area contributed by atoms with Crippen molar-refractivity contribution in [3.63, 3.8) is 0 Å². The summed E-state index contributed by atoms with van der Waals surface area (Å²) >= 11 is 0. The highest BCUT2D eigenvalue weighted by molar-refractivity contribution is 5.83. The number of carboxylic acid groups (broad SMARTS) is 1. The molecule has 2 fully saturated rings. The molecule has 0 spiro atoms. The van der Waals surface area contributed by atoms with Gasteiger partial charge in [-0.15, -0.1) is 0 Å². The average Bonchev–Trinajstić information content (AvgIpc) is 2.48. The summed E-state index contributed by atoms with van der Waals surface area (Å²) in [6, 6.07) is 0. The lowest BCUT2D eigenvalue weighted by molar-refractivity contribution is -0.163. The molecule has 6 nitrogen and oxygen atoms in total. The molecule has 2 aliphatic rings. The number of amides is 1. The average molecular weight is 285 g/mol. The number of carbonyl (C=O) groups is 2. The van der Waals surface area contributed by atoms with Crippen LogP contribution < -0.4 is 0 Å². The molecule has 2 atom stereocenters. The molecular formula is C14H23NO5. The van der Waals surface area contributed by atoms with E-state index in [2.05, 4.69) is 0 Å². The van der Waals surface area contributed by atoms with Gasteiger partial charge in [-0.25, -0.2) is 0 Å². The first-order valence-corrected chi connectivity index (χ1v) is 7.22. The molecule has 114 valence electrons. The van der Waals surface area contributed by atoms with Crippen molar-refractivity contribution in [2.24, 2.45) is 5.41 Å². The molecule has 0 saturated carbocycles. The first-order valence-electron chi connectivity index (χ1n) is 7.22. The highest BCUT2D eigenvalue weighted by Crippen LogP contribution is 2.31. The molecule has 20 heavy (non-hydrogen) atoms. The van der Waals surface area contributed by atoms with Crippen LogP contribution in [-0.4, -0.2) is 61.4 Å². The van der Waals surface area contributed by atoms with E-state index in [1.54, 1.807) is 4.90 Å². The Bertz CT molecular complexity index is 363. The monoisotopic (exact) mass is 285 g/mol. The van der Waals surface area contributed by atoms with Crippen molar-refractivity contribution in [2.75, 3.05) is 33.4 Å². The van der Waals surface area contributed by atoms with Crippen LogP contribution in [0.15, 0.2) is 0 Å². The van der Waals surface area contributed by atoms with E-state index in [0.29, 0.717) is 26.0 Å². The van der Waals surface area contributed by atoms with Crippen LogP contribution in [0, 0.1) is 5.41 Å². The standard InChI is InChI=1S/C14H23NO5/c1-19-10-14(13(17)18)6-4-7-15(9-14)12(16)11-5-2-3-8-20-11/h11H,2-10H2,1H3,(H,17,18). The van der Waals surface area contributed by atoms with Gasteiger partial charge in [-0.2, -0.15) is 0 Å². The molecule has 6 heteroatoms. The number of aliphatic carboxylic acids is 1. The van der Waals surface area contributed by atoms with E-state index in [-0.39, 0.29) is 19.1 Å². The number of nitrogens with zero attached hydrogens (tertiary/aromatic N) is 1. The van der Waals surface area contributed by atoms with Crippen molar-refractivity contribution >= 4 is 11.9 Å². The summed E-state index contributed by atoms with van der Waals surface area (Å²) in [5.41, 5.74) is -0.975. The van der Waals surface area contributed by atoms with Gasteiger partial charge in [0.05, 0.1) is 6.61 Å². The number of methoxy groups -OCH3 is 1. The van der Waals surface area contributed by atoms with Gasteiger partial charge in [0.1, 0.15) is 11.5 Å². The Morgan fingerprint density at radius 1 is 1.40 bits per heavy atom. The number of rotatable bonds is 4. The van der Waals surface area contributed by atoms with E-state index < -0.39 is 17.5 Å². The molecule has 0 aromatic heterocycles. The minimum atomic E-state index is -0.975. The van der Waals surface area contributed by atoms with E-state index >= 15 is 0 Å². The molecule has 0 aromatic carbocycles. The third-order valence-corrected chi connectivity index (χ3v) is 4.22. The zero-order chi connectivity index (χ0) is 14.6. The smallest absolute Gasteiger partial charge is 0.313 e. The van der Waals surface area contributed by atoms with E-state index in [1.807, 2.05) is 0 Å². The van der Waals surface area contributed by atoms with Crippen LogP contribution in [0.4, 0.5) is 0 Å². The van der Waals surface area contributed by atoms with Gasteiger partial charge in [-0.05, 0) is 32.1 Å². The first-order chi connectivity index (χ1) is 9.59. The Hall–Kier alpha value is -1.14. The van der Waals surface area contributed by atoms with Crippen molar-refractivity contribution in [2.45, 2.75) is 38.2 Å². The van der Waals surface area contributed by atoms with Gasteiger partial charge in [-0.1, -0.05) is 0 Å². The number of carboxylic acids is 1. The Balaban J connectivity index is 2.04. The van der Waals surface area contributed by atoms with Crippen molar-refractivity contribution < 1.29 is 24.2 Å². The summed E-state index contributed by atoms with van der Waals surface area (Å²) in [5, 5.41) is 9.48. The lowest BCUT2D eigenvalue weighted by atomic mass is 9.80. The van der Waals surface area contributed by atoms with Crippen LogP contribution in [-0.2, 0) is 19.1 Å². The van der Waals surface area contributed by atoms with Crippen LogP contribution in [0.3, 0.4) is 0 Å². The Morgan fingerprint density at radius 2 is 2.20 bits per heavy atom. The second-order valence-electron chi connectivity index (χ2n) is 5.74. The van der Waals surface area contributed by atoms with Crippen LogP contribution in [0.2, 0.25) is 0 Å². The van der Waals surface area contributed by atoms with Crippen molar-refractivity contribution in [1.29, 1.82) is 0 Å². The van der Waals surface area contributed by atoms with Gasteiger partial charge < -0.3 is 19.5 Å². The molecule has 2 heterocycles. The number of likely N-dealkylation sites (tertiary alicyclic amines) is 1. The number of carbonyl (C=O) groups excluding carboxylic acids is 1. The van der Waals surface area contributed by atoms with E-state index in [9.17, 15) is 14.7 Å². The molecule has 1 N–H and O–H groups in total. The second-order valence-corrected chi connectivity index (χ2v) is 5.74. The summed E-state index contributed by atoms with van der Waals surface area (Å²) in [6.07, 6.45) is 3.56. The van der Waals surface area contributed by atoms with Gasteiger partial charge in [0, 0.05) is 26.8 Å². The van der Waals surface area contributed by atoms with Crippen LogP contribution in [0.25, 0.3) is 0 Å². The topological polar surface area (TPSA) is 76.1 Å². The minimum absolute atomic E-state index is 0.0638. The second kappa shape index (κ2) is 6.54. The van der Waals surface area contributed by atoms with Gasteiger partial charge in [0.15, 0.2) is 0 Å². The lowest BCUT2D eigenvalue weighted by Gasteiger charge is -2.40. The van der Waals surface area contributed by atoms with E-state index in [4.69, 9.17) is 9.47 Å². The number of ether oxygens (including phenoxy) is 2. The van der Waals surface area contributed by atoms with Crippen molar-refractivity contribution in [1.82, 2.24) is 4.90 Å². The maximum absolute atomic E-state index is 12.4. The lowest BCUT2D eigenvalue weighted by Crippen LogP contribution is -2.54. The molecule has 2 rings (SSSR count). The number of hydrogen-bond acceptors (Lipinski definition) is 4. The fraction of sp³-hybridized carbons (Fsp3) is 0.857. The maximum atomic E-state index is 12.4.